The van der Waals surface area contributed by atoms with Crippen molar-refractivity contribution in [2.45, 2.75) is 47.1 Å². The van der Waals surface area contributed by atoms with Gasteiger partial charge in [0, 0.05) is 18.6 Å². The van der Waals surface area contributed by atoms with Gasteiger partial charge in [0.05, 0.1) is 0 Å². The highest BCUT2D eigenvalue weighted by Gasteiger charge is 2.13. The smallest absolute Gasteiger partial charge is 0.242 e. The summed E-state index contributed by atoms with van der Waals surface area (Å²) in [4.78, 5) is 15.9. The number of amides is 1. The summed E-state index contributed by atoms with van der Waals surface area (Å²) >= 11 is 0. The van der Waals surface area contributed by atoms with Gasteiger partial charge in [0.1, 0.15) is 6.54 Å². The molecule has 0 aliphatic heterocycles. The third-order valence-corrected chi connectivity index (χ3v) is 1.92. The van der Waals surface area contributed by atoms with Gasteiger partial charge in [0.15, 0.2) is 5.96 Å². The van der Waals surface area contributed by atoms with Crippen molar-refractivity contribution in [3.05, 3.63) is 0 Å². The molecule has 0 aromatic rings. The number of guanidine groups is 1. The van der Waals surface area contributed by atoms with Crippen LogP contribution in [0.3, 0.4) is 0 Å². The molecule has 0 aliphatic rings. The zero-order chi connectivity index (χ0) is 14.2. The van der Waals surface area contributed by atoms with E-state index in [1.165, 1.54) is 0 Å². The summed E-state index contributed by atoms with van der Waals surface area (Å²) in [5.41, 5.74) is -0.212. The van der Waals surface area contributed by atoms with Crippen molar-refractivity contribution in [3.63, 3.8) is 0 Å². The molecule has 0 radical (unpaired) electrons. The number of carbonyl (C=O) groups excluding carboxylic acids is 1. The summed E-state index contributed by atoms with van der Waals surface area (Å²) in [6, 6.07) is 0. The van der Waals surface area contributed by atoms with Crippen LogP contribution < -0.4 is 16.0 Å². The van der Waals surface area contributed by atoms with Crippen LogP contribution in [-0.2, 0) is 4.79 Å². The molecule has 0 fully saturated rings. The van der Waals surface area contributed by atoms with E-state index in [4.69, 9.17) is 0 Å². The zero-order valence-corrected chi connectivity index (χ0v) is 15.3. The lowest BCUT2D eigenvalue weighted by molar-refractivity contribution is -0.121. The average molecular weight is 384 g/mol. The Balaban J connectivity index is 0. The van der Waals surface area contributed by atoms with Gasteiger partial charge in [0.2, 0.25) is 5.91 Å². The summed E-state index contributed by atoms with van der Waals surface area (Å²) in [6.07, 6.45) is 0. The van der Waals surface area contributed by atoms with Crippen molar-refractivity contribution in [2.24, 2.45) is 10.9 Å². The monoisotopic (exact) mass is 384 g/mol. The molecular formula is C13H29IN4O. The van der Waals surface area contributed by atoms with Crippen LogP contribution in [0.1, 0.15) is 41.5 Å². The molecule has 0 saturated carbocycles. The second-order valence-corrected chi connectivity index (χ2v) is 5.77. The van der Waals surface area contributed by atoms with Crippen LogP contribution >= 0.6 is 24.0 Å². The maximum absolute atomic E-state index is 11.6. The molecule has 0 aliphatic carbocycles. The summed E-state index contributed by atoms with van der Waals surface area (Å²) in [5.74, 6) is 1.16. The van der Waals surface area contributed by atoms with Crippen LogP contribution in [0.15, 0.2) is 4.99 Å². The first kappa shape index (κ1) is 20.8. The minimum Gasteiger partial charge on any atom is -0.357 e. The molecule has 0 aromatic heterocycles. The van der Waals surface area contributed by atoms with E-state index in [1.54, 1.807) is 0 Å². The van der Waals surface area contributed by atoms with Crippen LogP contribution in [-0.4, -0.2) is 37.0 Å². The van der Waals surface area contributed by atoms with Gasteiger partial charge in [-0.25, -0.2) is 4.99 Å². The van der Waals surface area contributed by atoms with E-state index >= 15 is 0 Å². The lowest BCUT2D eigenvalue weighted by Crippen LogP contribution is -2.43. The Morgan fingerprint density at radius 1 is 1.21 bits per heavy atom. The Hall–Kier alpha value is -0.530. The molecule has 114 valence electrons. The topological polar surface area (TPSA) is 65.5 Å². The van der Waals surface area contributed by atoms with Gasteiger partial charge in [-0.2, -0.15) is 0 Å². The van der Waals surface area contributed by atoms with Gasteiger partial charge in [0.25, 0.3) is 0 Å². The highest BCUT2D eigenvalue weighted by molar-refractivity contribution is 14.0. The van der Waals surface area contributed by atoms with Crippen molar-refractivity contribution >= 4 is 35.8 Å². The maximum atomic E-state index is 11.6. The van der Waals surface area contributed by atoms with E-state index in [-0.39, 0.29) is 42.0 Å². The Kier molecular flexibility index (Phi) is 11.2. The molecule has 0 rings (SSSR count). The summed E-state index contributed by atoms with van der Waals surface area (Å²) in [6.45, 7) is 13.9. The van der Waals surface area contributed by atoms with Crippen molar-refractivity contribution < 1.29 is 4.79 Å². The number of nitrogens with one attached hydrogen (secondary N) is 3. The second kappa shape index (κ2) is 10.3. The van der Waals surface area contributed by atoms with E-state index < -0.39 is 0 Å². The van der Waals surface area contributed by atoms with Crippen molar-refractivity contribution in [1.82, 2.24) is 16.0 Å². The van der Waals surface area contributed by atoms with Crippen LogP contribution in [0.2, 0.25) is 0 Å². The van der Waals surface area contributed by atoms with Gasteiger partial charge in [-0.05, 0) is 33.6 Å². The van der Waals surface area contributed by atoms with Crippen LogP contribution in [0.4, 0.5) is 0 Å². The van der Waals surface area contributed by atoms with Crippen LogP contribution in [0.5, 0.6) is 0 Å². The van der Waals surface area contributed by atoms with Gasteiger partial charge < -0.3 is 16.0 Å². The van der Waals surface area contributed by atoms with Crippen molar-refractivity contribution in [3.8, 4) is 0 Å². The summed E-state index contributed by atoms with van der Waals surface area (Å²) in [7, 11) is 0. The molecule has 5 nitrogen and oxygen atoms in total. The highest BCUT2D eigenvalue weighted by Crippen LogP contribution is 1.97. The SMILES string of the molecule is CCNC(=NCC(=O)NC(C)(C)C)NCC(C)C.I. The minimum atomic E-state index is -0.212. The fourth-order valence-corrected chi connectivity index (χ4v) is 1.25. The fourth-order valence-electron chi connectivity index (χ4n) is 1.25. The van der Waals surface area contributed by atoms with Gasteiger partial charge in [-0.3, -0.25) is 4.79 Å². The van der Waals surface area contributed by atoms with E-state index in [1.807, 2.05) is 27.7 Å². The van der Waals surface area contributed by atoms with E-state index in [9.17, 15) is 4.79 Å². The zero-order valence-electron chi connectivity index (χ0n) is 13.0. The number of halogens is 1. The predicted octanol–water partition coefficient (Wildman–Crippen LogP) is 1.73. The maximum Gasteiger partial charge on any atom is 0.242 e. The van der Waals surface area contributed by atoms with Crippen molar-refractivity contribution in [1.29, 1.82) is 0 Å². The third-order valence-electron chi connectivity index (χ3n) is 1.92. The number of hydrogen-bond donors (Lipinski definition) is 3. The molecule has 0 unspecified atom stereocenters. The molecule has 0 heterocycles. The van der Waals surface area contributed by atoms with Gasteiger partial charge >= 0.3 is 0 Å². The molecule has 6 heteroatoms. The minimum absolute atomic E-state index is 0. The Morgan fingerprint density at radius 3 is 2.21 bits per heavy atom. The summed E-state index contributed by atoms with van der Waals surface area (Å²) in [5, 5.41) is 9.19. The molecule has 1 amide bonds. The lowest BCUT2D eigenvalue weighted by Gasteiger charge is -2.20. The molecule has 3 N–H and O–H groups in total. The molecule has 0 spiro atoms. The quantitative estimate of drug-likeness (QED) is 0.384. The normalized spacial score (nSPS) is 11.8. The first-order valence-corrected chi connectivity index (χ1v) is 6.57. The van der Waals surface area contributed by atoms with E-state index in [2.05, 4.69) is 34.8 Å². The lowest BCUT2D eigenvalue weighted by atomic mass is 10.1. The molecular weight excluding hydrogens is 355 g/mol. The number of carbonyl (C=O) groups is 1. The first-order valence-electron chi connectivity index (χ1n) is 6.57. The van der Waals surface area contributed by atoms with Gasteiger partial charge in [-0.1, -0.05) is 13.8 Å². The second-order valence-electron chi connectivity index (χ2n) is 5.77. The first-order chi connectivity index (χ1) is 8.24. The van der Waals surface area contributed by atoms with E-state index in [0.29, 0.717) is 11.9 Å². The molecule has 0 atom stereocenters. The number of aliphatic imine (C=N–C) groups is 1. The van der Waals surface area contributed by atoms with Gasteiger partial charge in [-0.15, -0.1) is 24.0 Å². The standard InChI is InChI=1S/C13H28N4O.HI/c1-7-14-12(15-8-10(2)3)16-9-11(18)17-13(4,5)6;/h10H,7-9H2,1-6H3,(H,17,18)(H2,14,15,16);1H. The van der Waals surface area contributed by atoms with Crippen LogP contribution in [0, 0.1) is 5.92 Å². The molecule has 0 bridgehead atoms. The highest BCUT2D eigenvalue weighted by atomic mass is 127. The van der Waals surface area contributed by atoms with Crippen LogP contribution in [0.25, 0.3) is 0 Å². The number of rotatable bonds is 5. The van der Waals surface area contributed by atoms with Crippen molar-refractivity contribution in [2.75, 3.05) is 19.6 Å². The molecule has 0 aromatic carbocycles. The summed E-state index contributed by atoms with van der Waals surface area (Å²) < 4.78 is 0. The molecule has 0 saturated heterocycles. The largest absolute Gasteiger partial charge is 0.357 e. The predicted molar refractivity (Wildman–Crippen MR) is 92.1 cm³/mol. The number of hydrogen-bond acceptors (Lipinski definition) is 2. The number of nitrogens with zero attached hydrogens (tertiary/aromatic N) is 1. The Labute approximate surface area is 134 Å². The Morgan fingerprint density at radius 2 is 1.79 bits per heavy atom. The average Bonchev–Trinajstić information content (AvgIpc) is 2.19. The fraction of sp³-hybridized carbons (Fsp3) is 0.846. The third kappa shape index (κ3) is 13.7. The molecule has 19 heavy (non-hydrogen) atoms. The van der Waals surface area contributed by atoms with E-state index in [0.717, 1.165) is 13.1 Å². The Bertz CT molecular complexity index is 285.